The zero-order chi connectivity index (χ0) is 18.5. The molecule has 0 N–H and O–H groups in total. The number of unbranched alkanes of at least 4 members (excludes halogenated alkanes) is 2. The van der Waals surface area contributed by atoms with Crippen LogP contribution in [0.4, 0.5) is 0 Å². The SMILES string of the molecule is C=C(C)c1ccc(C)cc1-c1ccc(CCCCC)c(-c2ccsc2)c1. The van der Waals surface area contributed by atoms with Gasteiger partial charge in [0.25, 0.3) is 0 Å². The number of hydrogen-bond donors (Lipinski definition) is 0. The lowest BCUT2D eigenvalue weighted by molar-refractivity contribution is 0.718. The van der Waals surface area contributed by atoms with Crippen LogP contribution in [0.15, 0.2) is 59.8 Å². The first-order chi connectivity index (χ1) is 12.6. The first-order valence-corrected chi connectivity index (χ1v) is 10.5. The molecular formula is C25H28S. The second-order valence-electron chi connectivity index (χ2n) is 7.17. The number of aryl methyl sites for hydroxylation is 2. The topological polar surface area (TPSA) is 0 Å². The molecule has 0 unspecified atom stereocenters. The molecule has 0 amide bonds. The van der Waals surface area contributed by atoms with Crippen molar-refractivity contribution >= 4 is 16.9 Å². The predicted molar refractivity (Wildman–Crippen MR) is 118 cm³/mol. The third-order valence-electron chi connectivity index (χ3n) is 4.94. The van der Waals surface area contributed by atoms with Crippen molar-refractivity contribution in [1.82, 2.24) is 0 Å². The predicted octanol–water partition coefficient (Wildman–Crippen LogP) is 8.16. The lowest BCUT2D eigenvalue weighted by atomic mass is 9.89. The first-order valence-electron chi connectivity index (χ1n) is 9.52. The lowest BCUT2D eigenvalue weighted by Crippen LogP contribution is -1.93. The van der Waals surface area contributed by atoms with E-state index in [-0.39, 0.29) is 0 Å². The van der Waals surface area contributed by atoms with Crippen LogP contribution in [0.1, 0.15) is 49.8 Å². The van der Waals surface area contributed by atoms with Gasteiger partial charge in [0.15, 0.2) is 0 Å². The first kappa shape index (κ1) is 18.7. The van der Waals surface area contributed by atoms with Gasteiger partial charge in [0.1, 0.15) is 0 Å². The van der Waals surface area contributed by atoms with E-state index in [1.165, 1.54) is 58.2 Å². The molecule has 0 aliphatic heterocycles. The van der Waals surface area contributed by atoms with Crippen LogP contribution in [-0.2, 0) is 6.42 Å². The van der Waals surface area contributed by atoms with Gasteiger partial charge in [-0.25, -0.2) is 0 Å². The molecular weight excluding hydrogens is 332 g/mol. The van der Waals surface area contributed by atoms with E-state index >= 15 is 0 Å². The van der Waals surface area contributed by atoms with Crippen LogP contribution in [0.2, 0.25) is 0 Å². The molecule has 0 aliphatic rings. The van der Waals surface area contributed by atoms with E-state index < -0.39 is 0 Å². The van der Waals surface area contributed by atoms with Crippen molar-refractivity contribution in [3.63, 3.8) is 0 Å². The molecule has 0 radical (unpaired) electrons. The Kier molecular flexibility index (Phi) is 6.11. The number of thiophene rings is 1. The quantitative estimate of drug-likeness (QED) is 0.373. The molecule has 0 atom stereocenters. The monoisotopic (exact) mass is 360 g/mol. The van der Waals surface area contributed by atoms with Gasteiger partial charge in [0, 0.05) is 0 Å². The van der Waals surface area contributed by atoms with E-state index in [1.807, 2.05) is 0 Å². The third-order valence-corrected chi connectivity index (χ3v) is 5.62. The van der Waals surface area contributed by atoms with Gasteiger partial charge < -0.3 is 0 Å². The summed E-state index contributed by atoms with van der Waals surface area (Å²) in [5.74, 6) is 0. The van der Waals surface area contributed by atoms with Crippen molar-refractivity contribution in [2.45, 2.75) is 46.5 Å². The molecule has 0 saturated heterocycles. The highest BCUT2D eigenvalue weighted by molar-refractivity contribution is 7.08. The van der Waals surface area contributed by atoms with E-state index in [4.69, 9.17) is 0 Å². The summed E-state index contributed by atoms with van der Waals surface area (Å²) >= 11 is 1.77. The maximum absolute atomic E-state index is 4.18. The van der Waals surface area contributed by atoms with Gasteiger partial charge in [-0.15, -0.1) is 0 Å². The standard InChI is InChI=1S/C25H28S/c1-5-6-7-8-20-10-11-21(16-24(20)22-13-14-26-17-22)25-15-19(4)9-12-23(25)18(2)3/h9-17H,2,5-8H2,1,3-4H3. The van der Waals surface area contributed by atoms with Crippen molar-refractivity contribution in [2.75, 3.05) is 0 Å². The fourth-order valence-electron chi connectivity index (χ4n) is 3.48. The highest BCUT2D eigenvalue weighted by atomic mass is 32.1. The van der Waals surface area contributed by atoms with E-state index in [1.54, 1.807) is 11.3 Å². The summed E-state index contributed by atoms with van der Waals surface area (Å²) in [5.41, 5.74) is 10.4. The molecule has 3 rings (SSSR count). The van der Waals surface area contributed by atoms with Crippen molar-refractivity contribution in [1.29, 1.82) is 0 Å². The minimum absolute atomic E-state index is 1.11. The van der Waals surface area contributed by atoms with Gasteiger partial charge in [0.05, 0.1) is 0 Å². The van der Waals surface area contributed by atoms with E-state index in [0.717, 1.165) is 12.0 Å². The number of allylic oxidation sites excluding steroid dienone is 1. The number of hydrogen-bond acceptors (Lipinski definition) is 1. The second kappa shape index (κ2) is 8.51. The molecule has 134 valence electrons. The summed E-state index contributed by atoms with van der Waals surface area (Å²) in [6.45, 7) is 10.7. The average molecular weight is 361 g/mol. The van der Waals surface area contributed by atoms with Gasteiger partial charge >= 0.3 is 0 Å². The summed E-state index contributed by atoms with van der Waals surface area (Å²) in [7, 11) is 0. The fraction of sp³-hybridized carbons (Fsp3) is 0.280. The van der Waals surface area contributed by atoms with Crippen molar-refractivity contribution in [2.24, 2.45) is 0 Å². The highest BCUT2D eigenvalue weighted by Gasteiger charge is 2.11. The minimum atomic E-state index is 1.11. The minimum Gasteiger partial charge on any atom is -0.152 e. The molecule has 3 aromatic rings. The molecule has 0 saturated carbocycles. The van der Waals surface area contributed by atoms with Gasteiger partial charge in [0.2, 0.25) is 0 Å². The van der Waals surface area contributed by atoms with Crippen LogP contribution in [0.3, 0.4) is 0 Å². The Hall–Kier alpha value is -2.12. The Labute approximate surface area is 162 Å². The maximum Gasteiger partial charge on any atom is -0.00146 e. The Morgan fingerprint density at radius 3 is 2.50 bits per heavy atom. The van der Waals surface area contributed by atoms with Crippen LogP contribution < -0.4 is 0 Å². The Morgan fingerprint density at radius 2 is 1.81 bits per heavy atom. The molecule has 2 aromatic carbocycles. The van der Waals surface area contributed by atoms with Crippen LogP contribution in [0, 0.1) is 6.92 Å². The molecule has 26 heavy (non-hydrogen) atoms. The Bertz CT molecular complexity index is 885. The average Bonchev–Trinajstić information content (AvgIpc) is 3.16. The third kappa shape index (κ3) is 4.16. The highest BCUT2D eigenvalue weighted by Crippen LogP contribution is 2.35. The maximum atomic E-state index is 4.18. The molecule has 0 bridgehead atoms. The Morgan fingerprint density at radius 1 is 0.962 bits per heavy atom. The molecule has 1 aromatic heterocycles. The normalized spacial score (nSPS) is 10.9. The fourth-order valence-corrected chi connectivity index (χ4v) is 4.14. The van der Waals surface area contributed by atoms with Gasteiger partial charge in [-0.2, -0.15) is 11.3 Å². The molecule has 0 spiro atoms. The van der Waals surface area contributed by atoms with E-state index in [2.05, 4.69) is 80.6 Å². The number of rotatable bonds is 7. The second-order valence-corrected chi connectivity index (χ2v) is 7.95. The molecule has 0 nitrogen and oxygen atoms in total. The van der Waals surface area contributed by atoms with E-state index in [0.29, 0.717) is 0 Å². The molecule has 1 heteroatoms. The summed E-state index contributed by atoms with van der Waals surface area (Å²) in [6, 6.07) is 15.9. The Balaban J connectivity index is 2.09. The summed E-state index contributed by atoms with van der Waals surface area (Å²) in [5, 5.41) is 4.43. The van der Waals surface area contributed by atoms with Crippen LogP contribution in [0.25, 0.3) is 27.8 Å². The summed E-state index contributed by atoms with van der Waals surface area (Å²) in [6.07, 6.45) is 4.97. The van der Waals surface area contributed by atoms with Crippen molar-refractivity contribution < 1.29 is 0 Å². The molecule has 1 heterocycles. The van der Waals surface area contributed by atoms with Crippen molar-refractivity contribution in [3.8, 4) is 22.3 Å². The van der Waals surface area contributed by atoms with Crippen LogP contribution in [0.5, 0.6) is 0 Å². The zero-order valence-electron chi connectivity index (χ0n) is 16.1. The van der Waals surface area contributed by atoms with Gasteiger partial charge in [-0.1, -0.05) is 67.8 Å². The summed E-state index contributed by atoms with van der Waals surface area (Å²) in [4.78, 5) is 0. The lowest BCUT2D eigenvalue weighted by Gasteiger charge is -2.15. The van der Waals surface area contributed by atoms with Crippen LogP contribution in [-0.4, -0.2) is 0 Å². The largest absolute Gasteiger partial charge is 0.152 e. The van der Waals surface area contributed by atoms with Gasteiger partial charge in [-0.05, 0) is 83.0 Å². The number of benzene rings is 2. The zero-order valence-corrected chi connectivity index (χ0v) is 17.0. The van der Waals surface area contributed by atoms with Gasteiger partial charge in [-0.3, -0.25) is 0 Å². The molecule has 0 fully saturated rings. The smallest absolute Gasteiger partial charge is 0.00146 e. The summed E-state index contributed by atoms with van der Waals surface area (Å²) < 4.78 is 0. The molecule has 0 aliphatic carbocycles. The van der Waals surface area contributed by atoms with Crippen molar-refractivity contribution in [3.05, 3.63) is 76.5 Å². The van der Waals surface area contributed by atoms with Crippen LogP contribution >= 0.6 is 11.3 Å². The van der Waals surface area contributed by atoms with E-state index in [9.17, 15) is 0 Å².